The van der Waals surface area contributed by atoms with Gasteiger partial charge in [-0.1, -0.05) is 26.2 Å². The molecule has 5 nitrogen and oxygen atoms in total. The minimum absolute atomic E-state index is 0.188. The maximum atomic E-state index is 11.8. The fourth-order valence-corrected chi connectivity index (χ4v) is 3.09. The molecular weight excluding hydrogens is 252 g/mol. The van der Waals surface area contributed by atoms with Crippen LogP contribution in [0.2, 0.25) is 0 Å². The molecular formula is C12H22N2O3S. The quantitative estimate of drug-likeness (QED) is 0.420. The second-order valence-corrected chi connectivity index (χ2v) is 5.54. The third-order valence-electron chi connectivity index (χ3n) is 3.30. The third kappa shape index (κ3) is 4.48. The average molecular weight is 274 g/mol. The minimum Gasteiger partial charge on any atom is -0.449 e. The van der Waals surface area contributed by atoms with Gasteiger partial charge in [-0.05, 0) is 25.2 Å². The van der Waals surface area contributed by atoms with Crippen LogP contribution in [-0.4, -0.2) is 30.0 Å². The molecule has 1 aliphatic rings. The van der Waals surface area contributed by atoms with Crippen molar-refractivity contribution < 1.29 is 9.53 Å². The predicted octanol–water partition coefficient (Wildman–Crippen LogP) is 3.79. The van der Waals surface area contributed by atoms with E-state index >= 15 is 0 Å². The Morgan fingerprint density at radius 2 is 2.11 bits per heavy atom. The number of nitroso groups, excluding NO2 is 1. The topological polar surface area (TPSA) is 59.0 Å². The molecule has 0 saturated heterocycles. The molecule has 1 saturated carbocycles. The van der Waals surface area contributed by atoms with Gasteiger partial charge in [0, 0.05) is 23.6 Å². The van der Waals surface area contributed by atoms with Crippen LogP contribution in [0, 0.1) is 10.8 Å². The van der Waals surface area contributed by atoms with Gasteiger partial charge >= 0.3 is 6.09 Å². The summed E-state index contributed by atoms with van der Waals surface area (Å²) in [4.78, 5) is 23.9. The Labute approximate surface area is 113 Å². The summed E-state index contributed by atoms with van der Waals surface area (Å²) in [6.45, 7) is 2.37. The molecule has 0 bridgehead atoms. The van der Waals surface area contributed by atoms with Crippen molar-refractivity contribution in [3.05, 3.63) is 4.91 Å². The molecule has 1 atom stereocenters. The summed E-state index contributed by atoms with van der Waals surface area (Å²) in [7, 11) is 1.69. The van der Waals surface area contributed by atoms with E-state index in [1.165, 1.54) is 24.2 Å². The summed E-state index contributed by atoms with van der Waals surface area (Å²) >= 11 is 0.947. The Kier molecular flexibility index (Phi) is 7.08. The summed E-state index contributed by atoms with van der Waals surface area (Å²) in [5.41, 5.74) is 0. The lowest BCUT2D eigenvalue weighted by Gasteiger charge is -2.33. The third-order valence-corrected chi connectivity index (χ3v) is 4.31. The molecule has 0 heterocycles. The number of hydrogen-bond donors (Lipinski definition) is 0. The zero-order chi connectivity index (χ0) is 13.4. The van der Waals surface area contributed by atoms with E-state index < -0.39 is 0 Å². The van der Waals surface area contributed by atoms with E-state index in [1.54, 1.807) is 7.05 Å². The number of rotatable bonds is 6. The number of nitrogens with zero attached hydrogens (tertiary/aromatic N) is 2. The van der Waals surface area contributed by atoms with Gasteiger partial charge in [0.15, 0.2) is 0 Å². The lowest BCUT2D eigenvalue weighted by Crippen LogP contribution is -2.40. The van der Waals surface area contributed by atoms with Gasteiger partial charge in [0.25, 0.3) is 0 Å². The molecule has 18 heavy (non-hydrogen) atoms. The average Bonchev–Trinajstić information content (AvgIpc) is 2.42. The van der Waals surface area contributed by atoms with Crippen LogP contribution >= 0.6 is 11.9 Å². The lowest BCUT2D eigenvalue weighted by molar-refractivity contribution is 0.0967. The van der Waals surface area contributed by atoms with Crippen LogP contribution in [0.4, 0.5) is 4.79 Å². The molecule has 1 fully saturated rings. The highest BCUT2D eigenvalue weighted by molar-refractivity contribution is 7.98. The molecule has 1 unspecified atom stereocenters. The van der Waals surface area contributed by atoms with Crippen molar-refractivity contribution in [1.82, 2.24) is 4.90 Å². The monoisotopic (exact) mass is 274 g/mol. The van der Waals surface area contributed by atoms with E-state index in [1.807, 2.05) is 6.92 Å². The molecule has 104 valence electrons. The first-order valence-electron chi connectivity index (χ1n) is 6.58. The van der Waals surface area contributed by atoms with Crippen LogP contribution in [0.15, 0.2) is 4.58 Å². The van der Waals surface area contributed by atoms with Crippen LogP contribution in [0.5, 0.6) is 0 Å². The highest BCUT2D eigenvalue weighted by Crippen LogP contribution is 2.34. The first-order valence-corrected chi connectivity index (χ1v) is 7.42. The molecule has 1 aliphatic carbocycles. The molecule has 0 aromatic rings. The van der Waals surface area contributed by atoms with E-state index in [0.717, 1.165) is 31.2 Å². The number of ether oxygens (including phenoxy) is 1. The molecule has 0 aromatic carbocycles. The Balaban J connectivity index is 2.58. The zero-order valence-corrected chi connectivity index (χ0v) is 11.9. The van der Waals surface area contributed by atoms with Crippen LogP contribution in [0.1, 0.15) is 45.4 Å². The van der Waals surface area contributed by atoms with Gasteiger partial charge in [-0.25, -0.2) is 4.79 Å². The first kappa shape index (κ1) is 15.3. The van der Waals surface area contributed by atoms with Crippen LogP contribution < -0.4 is 0 Å². The van der Waals surface area contributed by atoms with Crippen molar-refractivity contribution in [3.8, 4) is 0 Å². The van der Waals surface area contributed by atoms with Crippen LogP contribution in [-0.2, 0) is 4.74 Å². The van der Waals surface area contributed by atoms with Crippen molar-refractivity contribution in [1.29, 1.82) is 0 Å². The molecule has 0 aliphatic heterocycles. The van der Waals surface area contributed by atoms with E-state index in [-0.39, 0.29) is 11.5 Å². The Morgan fingerprint density at radius 1 is 1.44 bits per heavy atom. The second-order valence-electron chi connectivity index (χ2n) is 4.69. The van der Waals surface area contributed by atoms with E-state index in [2.05, 4.69) is 4.58 Å². The largest absolute Gasteiger partial charge is 0.449 e. The number of carbonyl (C=O) groups is 1. The van der Waals surface area contributed by atoms with E-state index in [9.17, 15) is 9.70 Å². The van der Waals surface area contributed by atoms with Gasteiger partial charge in [0.05, 0.1) is 6.61 Å². The smallest absolute Gasteiger partial charge is 0.410 e. The van der Waals surface area contributed by atoms with Gasteiger partial charge in [0.1, 0.15) is 5.37 Å². The second kappa shape index (κ2) is 8.34. The molecule has 6 heteroatoms. The highest BCUT2D eigenvalue weighted by Gasteiger charge is 2.31. The molecule has 0 spiro atoms. The molecule has 0 N–H and O–H groups in total. The summed E-state index contributed by atoms with van der Waals surface area (Å²) in [5, 5.41) is -0.188. The Morgan fingerprint density at radius 3 is 2.67 bits per heavy atom. The Hall–Kier alpha value is -0.780. The normalized spacial score (nSPS) is 18.1. The molecule has 0 radical (unpaired) electrons. The standard InChI is InChI=1S/C12H22N2O3S/c1-3-9-17-12(15)14(2)11(18-13-16)10-7-5-4-6-8-10/h10-11H,3-9H2,1-2H3. The number of amides is 1. The van der Waals surface area contributed by atoms with Crippen molar-refractivity contribution in [2.75, 3.05) is 13.7 Å². The fourth-order valence-electron chi connectivity index (χ4n) is 2.33. The van der Waals surface area contributed by atoms with Crippen LogP contribution in [0.3, 0.4) is 0 Å². The van der Waals surface area contributed by atoms with Crippen molar-refractivity contribution in [2.24, 2.45) is 10.5 Å². The minimum atomic E-state index is -0.358. The number of carbonyl (C=O) groups excluding carboxylic acids is 1. The van der Waals surface area contributed by atoms with Crippen molar-refractivity contribution in [2.45, 2.75) is 50.8 Å². The van der Waals surface area contributed by atoms with Crippen molar-refractivity contribution >= 4 is 18.0 Å². The van der Waals surface area contributed by atoms with Crippen molar-refractivity contribution in [3.63, 3.8) is 0 Å². The summed E-state index contributed by atoms with van der Waals surface area (Å²) in [5.74, 6) is 0.348. The zero-order valence-electron chi connectivity index (χ0n) is 11.1. The van der Waals surface area contributed by atoms with Gasteiger partial charge < -0.3 is 4.74 Å². The summed E-state index contributed by atoms with van der Waals surface area (Å²) in [6, 6.07) is 0. The van der Waals surface area contributed by atoms with Gasteiger partial charge in [-0.3, -0.25) is 4.90 Å². The van der Waals surface area contributed by atoms with E-state index in [0.29, 0.717) is 12.5 Å². The SMILES string of the molecule is CCCOC(=O)N(C)C(SN=O)C1CCCCC1. The number of hydrogen-bond acceptors (Lipinski definition) is 5. The Bertz CT molecular complexity index is 270. The molecule has 1 amide bonds. The first-order chi connectivity index (χ1) is 8.70. The lowest BCUT2D eigenvalue weighted by atomic mass is 9.89. The fraction of sp³-hybridized carbons (Fsp3) is 0.917. The summed E-state index contributed by atoms with van der Waals surface area (Å²) in [6.07, 6.45) is 6.12. The van der Waals surface area contributed by atoms with Gasteiger partial charge in [0.2, 0.25) is 0 Å². The predicted molar refractivity (Wildman–Crippen MR) is 73.2 cm³/mol. The van der Waals surface area contributed by atoms with Gasteiger partial charge in [-0.15, -0.1) is 4.91 Å². The highest BCUT2D eigenvalue weighted by atomic mass is 32.2. The van der Waals surface area contributed by atoms with E-state index in [4.69, 9.17) is 4.74 Å². The maximum absolute atomic E-state index is 11.8. The summed E-state index contributed by atoms with van der Waals surface area (Å²) < 4.78 is 8.01. The molecule has 1 rings (SSSR count). The maximum Gasteiger partial charge on any atom is 0.410 e. The molecule has 0 aromatic heterocycles. The van der Waals surface area contributed by atoms with Gasteiger partial charge in [-0.2, -0.15) is 0 Å². The van der Waals surface area contributed by atoms with Crippen LogP contribution in [0.25, 0.3) is 0 Å².